The molecular formula is C21H22N4O5S. The number of carbonyl (C=O) groups is 1. The van der Waals surface area contributed by atoms with E-state index in [9.17, 15) is 13.2 Å². The molecule has 0 radical (unpaired) electrons. The number of piperidine rings is 1. The molecule has 1 saturated heterocycles. The average Bonchev–Trinajstić information content (AvgIpc) is 3.34. The van der Waals surface area contributed by atoms with E-state index in [-0.39, 0.29) is 11.4 Å². The van der Waals surface area contributed by atoms with Crippen LogP contribution in [0.5, 0.6) is 11.5 Å². The number of carbonyl (C=O) groups excluding carboxylic acids is 1. The fraction of sp³-hybridized carbons (Fsp3) is 0.238. The van der Waals surface area contributed by atoms with Crippen molar-refractivity contribution < 1.29 is 23.2 Å². The van der Waals surface area contributed by atoms with Gasteiger partial charge in [-0.05, 0) is 73.0 Å². The molecule has 2 heterocycles. The number of nitrogens with zero attached hydrogens (tertiary/aromatic N) is 2. The molecule has 0 bridgehead atoms. The summed E-state index contributed by atoms with van der Waals surface area (Å²) in [5.74, 6) is 0.368. The smallest absolute Gasteiger partial charge is 0.261 e. The Balaban J connectivity index is 1.49. The van der Waals surface area contributed by atoms with E-state index in [1.165, 1.54) is 12.1 Å². The number of aromatic nitrogens is 2. The first-order valence-electron chi connectivity index (χ1n) is 9.82. The molecular weight excluding hydrogens is 420 g/mol. The van der Waals surface area contributed by atoms with Crippen molar-refractivity contribution in [3.05, 3.63) is 60.8 Å². The largest absolute Gasteiger partial charge is 0.457 e. The van der Waals surface area contributed by atoms with Gasteiger partial charge in [0, 0.05) is 12.7 Å². The van der Waals surface area contributed by atoms with Crippen LogP contribution in [0, 0.1) is 0 Å². The summed E-state index contributed by atoms with van der Waals surface area (Å²) in [7, 11) is -3.89. The summed E-state index contributed by atoms with van der Waals surface area (Å²) >= 11 is 0. The lowest BCUT2D eigenvalue weighted by molar-refractivity contribution is -0.134. The number of amides is 1. The maximum Gasteiger partial charge on any atom is 0.261 e. The van der Waals surface area contributed by atoms with Crippen LogP contribution in [0.3, 0.4) is 0 Å². The van der Waals surface area contributed by atoms with Crippen molar-refractivity contribution in [1.29, 1.82) is 0 Å². The number of rotatable bonds is 6. The number of hydrogen-bond acceptors (Lipinski definition) is 6. The number of hydrogen-bond donors (Lipinski definition) is 3. The van der Waals surface area contributed by atoms with E-state index in [0.717, 1.165) is 22.0 Å². The molecule has 1 fully saturated rings. The van der Waals surface area contributed by atoms with Crippen molar-refractivity contribution in [2.45, 2.75) is 30.2 Å². The van der Waals surface area contributed by atoms with Crippen LogP contribution < -0.4 is 10.2 Å². The first kappa shape index (κ1) is 21.0. The van der Waals surface area contributed by atoms with Crippen molar-refractivity contribution in [2.24, 2.45) is 0 Å². The Morgan fingerprint density at radius 3 is 2.35 bits per heavy atom. The fourth-order valence-electron chi connectivity index (χ4n) is 3.60. The SMILES string of the molecule is O=C(NO)C1CCCCN1S(=O)(=O)c1ccc(Oc2ccc(-c3ccn[nH]3)cc2)cc1. The second-order valence-electron chi connectivity index (χ2n) is 7.17. The first-order chi connectivity index (χ1) is 15.0. The molecule has 31 heavy (non-hydrogen) atoms. The molecule has 9 nitrogen and oxygen atoms in total. The molecule has 1 amide bonds. The third-order valence-electron chi connectivity index (χ3n) is 5.20. The zero-order valence-corrected chi connectivity index (χ0v) is 17.4. The molecule has 10 heteroatoms. The van der Waals surface area contributed by atoms with Crippen LogP contribution in [0.4, 0.5) is 0 Å². The lowest BCUT2D eigenvalue weighted by Gasteiger charge is -2.33. The maximum atomic E-state index is 13.1. The zero-order valence-electron chi connectivity index (χ0n) is 16.6. The molecule has 1 unspecified atom stereocenters. The minimum Gasteiger partial charge on any atom is -0.457 e. The lowest BCUT2D eigenvalue weighted by Crippen LogP contribution is -2.51. The fourth-order valence-corrected chi connectivity index (χ4v) is 5.26. The Hall–Kier alpha value is -3.21. The molecule has 1 aliphatic heterocycles. The van der Waals surface area contributed by atoms with E-state index in [2.05, 4.69) is 10.2 Å². The van der Waals surface area contributed by atoms with Gasteiger partial charge in [-0.2, -0.15) is 9.40 Å². The minimum atomic E-state index is -3.89. The Bertz CT molecular complexity index is 1130. The molecule has 0 spiro atoms. The monoisotopic (exact) mass is 442 g/mol. The van der Waals surface area contributed by atoms with Crippen molar-refractivity contribution in [3.63, 3.8) is 0 Å². The van der Waals surface area contributed by atoms with Gasteiger partial charge < -0.3 is 4.74 Å². The Labute approximate surface area is 179 Å². The number of nitrogens with one attached hydrogen (secondary N) is 2. The highest BCUT2D eigenvalue weighted by atomic mass is 32.2. The minimum absolute atomic E-state index is 0.0621. The molecule has 3 aromatic rings. The van der Waals surface area contributed by atoms with Gasteiger partial charge in [0.1, 0.15) is 17.5 Å². The van der Waals surface area contributed by atoms with E-state index in [1.807, 2.05) is 30.3 Å². The van der Waals surface area contributed by atoms with E-state index < -0.39 is 22.0 Å². The summed E-state index contributed by atoms with van der Waals surface area (Å²) in [6, 6.07) is 14.4. The van der Waals surface area contributed by atoms with E-state index in [0.29, 0.717) is 24.3 Å². The van der Waals surface area contributed by atoms with Gasteiger partial charge in [-0.1, -0.05) is 6.42 Å². The molecule has 1 aromatic heterocycles. The number of ether oxygens (including phenoxy) is 1. The molecule has 4 rings (SSSR count). The average molecular weight is 442 g/mol. The van der Waals surface area contributed by atoms with Gasteiger partial charge in [-0.25, -0.2) is 13.9 Å². The molecule has 1 aliphatic rings. The van der Waals surface area contributed by atoms with Gasteiger partial charge in [0.05, 0.1) is 10.6 Å². The lowest BCUT2D eigenvalue weighted by atomic mass is 10.0. The zero-order chi connectivity index (χ0) is 21.8. The van der Waals surface area contributed by atoms with Crippen LogP contribution in [-0.4, -0.2) is 46.6 Å². The molecule has 0 aliphatic carbocycles. The van der Waals surface area contributed by atoms with E-state index >= 15 is 0 Å². The Morgan fingerprint density at radius 2 is 1.74 bits per heavy atom. The van der Waals surface area contributed by atoms with Crippen LogP contribution in [-0.2, 0) is 14.8 Å². The summed E-state index contributed by atoms with van der Waals surface area (Å²) in [6.45, 7) is 0.224. The second-order valence-corrected chi connectivity index (χ2v) is 9.06. The van der Waals surface area contributed by atoms with Gasteiger partial charge in [-0.3, -0.25) is 15.1 Å². The van der Waals surface area contributed by atoms with E-state index in [1.54, 1.807) is 23.8 Å². The predicted octanol–water partition coefficient (Wildman–Crippen LogP) is 2.92. The topological polar surface area (TPSA) is 125 Å². The summed E-state index contributed by atoms with van der Waals surface area (Å²) in [6.07, 6.45) is 3.42. The summed E-state index contributed by atoms with van der Waals surface area (Å²) < 4.78 is 33.1. The molecule has 162 valence electrons. The molecule has 3 N–H and O–H groups in total. The number of benzene rings is 2. The van der Waals surface area contributed by atoms with Crippen molar-refractivity contribution >= 4 is 15.9 Å². The van der Waals surface area contributed by atoms with Gasteiger partial charge in [0.2, 0.25) is 10.0 Å². The van der Waals surface area contributed by atoms with Gasteiger partial charge in [-0.15, -0.1) is 0 Å². The van der Waals surface area contributed by atoms with Crippen LogP contribution in [0.1, 0.15) is 19.3 Å². The number of aromatic amines is 1. The normalized spacial score (nSPS) is 17.3. The van der Waals surface area contributed by atoms with Crippen molar-refractivity contribution in [1.82, 2.24) is 20.0 Å². The Morgan fingerprint density at radius 1 is 1.06 bits per heavy atom. The quantitative estimate of drug-likeness (QED) is 0.398. The van der Waals surface area contributed by atoms with Crippen LogP contribution in [0.2, 0.25) is 0 Å². The van der Waals surface area contributed by atoms with Crippen molar-refractivity contribution in [2.75, 3.05) is 6.54 Å². The van der Waals surface area contributed by atoms with Crippen molar-refractivity contribution in [3.8, 4) is 22.8 Å². The summed E-state index contributed by atoms with van der Waals surface area (Å²) in [5, 5.41) is 15.8. The van der Waals surface area contributed by atoms with Crippen LogP contribution in [0.15, 0.2) is 65.7 Å². The highest BCUT2D eigenvalue weighted by Gasteiger charge is 2.37. The highest BCUT2D eigenvalue weighted by Crippen LogP contribution is 2.29. The number of hydroxylamine groups is 1. The van der Waals surface area contributed by atoms with Gasteiger partial charge in [0.15, 0.2) is 0 Å². The number of sulfonamides is 1. The second kappa shape index (κ2) is 8.88. The first-order valence-corrected chi connectivity index (χ1v) is 11.3. The van der Waals surface area contributed by atoms with Crippen LogP contribution >= 0.6 is 0 Å². The third kappa shape index (κ3) is 4.46. The van der Waals surface area contributed by atoms with E-state index in [4.69, 9.17) is 9.94 Å². The molecule has 2 aromatic carbocycles. The third-order valence-corrected chi connectivity index (χ3v) is 7.12. The maximum absolute atomic E-state index is 13.1. The predicted molar refractivity (Wildman–Crippen MR) is 112 cm³/mol. The molecule has 1 atom stereocenters. The standard InChI is InChI=1S/C21H22N4O5S/c26-21(24-27)20-3-1-2-14-25(20)31(28,29)18-10-8-17(9-11-18)30-16-6-4-15(5-7-16)19-12-13-22-23-19/h4-13,20,27H,1-3,14H2,(H,22,23)(H,24,26). The van der Waals surface area contributed by atoms with Crippen LogP contribution in [0.25, 0.3) is 11.3 Å². The highest BCUT2D eigenvalue weighted by molar-refractivity contribution is 7.89. The van der Waals surface area contributed by atoms with Gasteiger partial charge in [0.25, 0.3) is 5.91 Å². The molecule has 0 saturated carbocycles. The number of H-pyrrole nitrogens is 1. The van der Waals surface area contributed by atoms with Gasteiger partial charge >= 0.3 is 0 Å². The Kier molecular flexibility index (Phi) is 6.03. The summed E-state index contributed by atoms with van der Waals surface area (Å²) in [5.41, 5.74) is 3.43. The summed E-state index contributed by atoms with van der Waals surface area (Å²) in [4.78, 5) is 12.0.